The van der Waals surface area contributed by atoms with Gasteiger partial charge in [-0.15, -0.1) is 0 Å². The number of aliphatic hydroxyl groups excluding tert-OH is 1. The summed E-state index contributed by atoms with van der Waals surface area (Å²) < 4.78 is 1.83. The van der Waals surface area contributed by atoms with Crippen molar-refractivity contribution in [3.8, 4) is 0 Å². The molecule has 0 radical (unpaired) electrons. The molecule has 0 bridgehead atoms. The van der Waals surface area contributed by atoms with E-state index in [4.69, 9.17) is 0 Å². The van der Waals surface area contributed by atoms with Crippen LogP contribution in [0.4, 0.5) is 0 Å². The molecule has 1 saturated heterocycles. The molecule has 3 heterocycles. The molecular weight excluding hydrogens is 378 g/mol. The number of likely N-dealkylation sites (N-methyl/N-ethyl adjacent to an activating group) is 1. The van der Waals surface area contributed by atoms with Crippen LogP contribution in [0.2, 0.25) is 0 Å². The molecule has 0 unspecified atom stereocenters. The lowest BCUT2D eigenvalue weighted by atomic mass is 9.88. The third kappa shape index (κ3) is 3.40. The van der Waals surface area contributed by atoms with E-state index in [1.165, 1.54) is 0 Å². The first kappa shape index (κ1) is 20.6. The summed E-state index contributed by atoms with van der Waals surface area (Å²) in [6, 6.07) is 13.2. The van der Waals surface area contributed by atoms with Gasteiger partial charge in [0, 0.05) is 42.8 Å². The summed E-state index contributed by atoms with van der Waals surface area (Å²) in [6.45, 7) is 5.52. The van der Waals surface area contributed by atoms with E-state index in [0.717, 1.165) is 11.3 Å². The van der Waals surface area contributed by atoms with Crippen molar-refractivity contribution in [2.24, 2.45) is 11.8 Å². The Bertz CT molecular complexity index is 999. The summed E-state index contributed by atoms with van der Waals surface area (Å²) in [6.07, 6.45) is 3.69. The van der Waals surface area contributed by atoms with Gasteiger partial charge in [-0.25, -0.2) is 0 Å². The van der Waals surface area contributed by atoms with E-state index in [2.05, 4.69) is 10.2 Å². The fraction of sp³-hybridized carbons (Fsp3) is 0.417. The number of benzene rings is 1. The fourth-order valence-electron chi connectivity index (χ4n) is 5.19. The SMILES string of the molecule is C/C=C/c1ccc2n(c1=O)C[C@@H]1[C@@H](CO)[C@H](C(=O)NCc3ccccc3)N(CC)[C@H]21. The minimum atomic E-state index is -0.405. The lowest BCUT2D eigenvalue weighted by Crippen LogP contribution is -2.48. The molecule has 0 saturated carbocycles. The molecule has 30 heavy (non-hydrogen) atoms. The van der Waals surface area contributed by atoms with Gasteiger partial charge < -0.3 is 15.0 Å². The van der Waals surface area contributed by atoms with Crippen molar-refractivity contribution >= 4 is 12.0 Å². The van der Waals surface area contributed by atoms with Crippen molar-refractivity contribution in [3.05, 3.63) is 75.7 Å². The zero-order valence-corrected chi connectivity index (χ0v) is 17.5. The number of fused-ring (bicyclic) bond motifs is 3. The van der Waals surface area contributed by atoms with Crippen LogP contribution >= 0.6 is 0 Å². The zero-order valence-electron chi connectivity index (χ0n) is 17.5. The van der Waals surface area contributed by atoms with Crippen molar-refractivity contribution in [3.63, 3.8) is 0 Å². The number of carbonyl (C=O) groups excluding carboxylic acids is 1. The molecule has 0 aliphatic carbocycles. The smallest absolute Gasteiger partial charge is 0.258 e. The molecule has 6 heteroatoms. The normalized spacial score (nSPS) is 25.4. The van der Waals surface area contributed by atoms with Gasteiger partial charge >= 0.3 is 0 Å². The first-order valence-corrected chi connectivity index (χ1v) is 10.6. The Hall–Kier alpha value is -2.70. The number of hydrogen-bond donors (Lipinski definition) is 2. The number of nitrogens with one attached hydrogen (secondary N) is 1. The first-order valence-electron chi connectivity index (χ1n) is 10.6. The number of nitrogens with zero attached hydrogens (tertiary/aromatic N) is 2. The van der Waals surface area contributed by atoms with E-state index < -0.39 is 6.04 Å². The standard InChI is InChI=1S/C24H29N3O3/c1-3-8-17-11-12-20-21-18(14-27(20)24(17)30)19(15-28)22(26(21)4-2)23(29)25-13-16-9-6-5-7-10-16/h3,5-12,18-19,21-22,28H,4,13-15H2,1-2H3,(H,25,29)/b8-3+/t18-,19-,21+,22-/m1/s1. The highest BCUT2D eigenvalue weighted by atomic mass is 16.3. The average molecular weight is 408 g/mol. The minimum Gasteiger partial charge on any atom is -0.396 e. The van der Waals surface area contributed by atoms with Gasteiger partial charge in [-0.2, -0.15) is 0 Å². The molecule has 1 aromatic carbocycles. The number of amides is 1. The summed E-state index contributed by atoms with van der Waals surface area (Å²) >= 11 is 0. The summed E-state index contributed by atoms with van der Waals surface area (Å²) in [7, 11) is 0. The van der Waals surface area contributed by atoms with Gasteiger partial charge in [-0.05, 0) is 31.2 Å². The van der Waals surface area contributed by atoms with Crippen LogP contribution in [0.3, 0.4) is 0 Å². The Morgan fingerprint density at radius 2 is 2.00 bits per heavy atom. The number of likely N-dealkylation sites (tertiary alicyclic amines) is 1. The van der Waals surface area contributed by atoms with Gasteiger partial charge in [0.15, 0.2) is 0 Å². The maximum atomic E-state index is 13.2. The summed E-state index contributed by atoms with van der Waals surface area (Å²) in [4.78, 5) is 28.2. The molecule has 4 atom stereocenters. The highest BCUT2D eigenvalue weighted by Crippen LogP contribution is 2.48. The molecule has 1 aromatic heterocycles. The molecule has 2 N–H and O–H groups in total. The molecule has 4 rings (SSSR count). The molecule has 2 aromatic rings. The van der Waals surface area contributed by atoms with Crippen molar-refractivity contribution in [1.82, 2.24) is 14.8 Å². The second-order valence-corrected chi connectivity index (χ2v) is 8.06. The van der Waals surface area contributed by atoms with Gasteiger partial charge in [-0.1, -0.05) is 49.4 Å². The van der Waals surface area contributed by atoms with Crippen LogP contribution in [-0.4, -0.2) is 39.7 Å². The van der Waals surface area contributed by atoms with Crippen LogP contribution in [0.1, 0.15) is 36.7 Å². The molecule has 2 aliphatic heterocycles. The Morgan fingerprint density at radius 1 is 1.23 bits per heavy atom. The number of allylic oxidation sites excluding steroid dienone is 1. The number of pyridine rings is 1. The predicted molar refractivity (Wildman–Crippen MR) is 117 cm³/mol. The minimum absolute atomic E-state index is 0.00202. The third-order valence-electron chi connectivity index (χ3n) is 6.51. The van der Waals surface area contributed by atoms with Gasteiger partial charge in [0.2, 0.25) is 5.91 Å². The Balaban J connectivity index is 1.62. The first-order chi connectivity index (χ1) is 14.6. The zero-order chi connectivity index (χ0) is 21.3. The van der Waals surface area contributed by atoms with E-state index in [9.17, 15) is 14.7 Å². The Morgan fingerprint density at radius 3 is 2.67 bits per heavy atom. The van der Waals surface area contributed by atoms with Crippen LogP contribution in [-0.2, 0) is 17.9 Å². The fourth-order valence-corrected chi connectivity index (χ4v) is 5.19. The van der Waals surface area contributed by atoms with E-state index >= 15 is 0 Å². The lowest BCUT2D eigenvalue weighted by Gasteiger charge is -2.29. The number of aliphatic hydroxyl groups is 1. The second-order valence-electron chi connectivity index (χ2n) is 8.06. The van der Waals surface area contributed by atoms with Gasteiger partial charge in [0.1, 0.15) is 0 Å². The number of carbonyl (C=O) groups is 1. The molecule has 1 fully saturated rings. The summed E-state index contributed by atoms with van der Waals surface area (Å²) in [5.41, 5.74) is 2.65. The van der Waals surface area contributed by atoms with Crippen molar-refractivity contribution in [2.45, 2.75) is 39.0 Å². The number of hydrogen-bond acceptors (Lipinski definition) is 4. The van der Waals surface area contributed by atoms with Crippen molar-refractivity contribution in [1.29, 1.82) is 0 Å². The molecule has 1 amide bonds. The van der Waals surface area contributed by atoms with Crippen LogP contribution in [0.15, 0.2) is 53.3 Å². The molecule has 0 spiro atoms. The van der Waals surface area contributed by atoms with E-state index in [-0.39, 0.29) is 36.0 Å². The van der Waals surface area contributed by atoms with Crippen LogP contribution in [0, 0.1) is 11.8 Å². The highest BCUT2D eigenvalue weighted by molar-refractivity contribution is 5.82. The predicted octanol–water partition coefficient (Wildman–Crippen LogP) is 2.18. The highest BCUT2D eigenvalue weighted by Gasteiger charge is 2.54. The van der Waals surface area contributed by atoms with Crippen molar-refractivity contribution < 1.29 is 9.90 Å². The van der Waals surface area contributed by atoms with Crippen LogP contribution in [0.5, 0.6) is 0 Å². The Kier molecular flexibility index (Phi) is 5.88. The van der Waals surface area contributed by atoms with Crippen molar-refractivity contribution in [2.75, 3.05) is 13.2 Å². The largest absolute Gasteiger partial charge is 0.396 e. The van der Waals surface area contributed by atoms with Gasteiger partial charge in [-0.3, -0.25) is 14.5 Å². The topological polar surface area (TPSA) is 74.6 Å². The second kappa shape index (κ2) is 8.58. The van der Waals surface area contributed by atoms with E-state index in [1.54, 1.807) is 0 Å². The number of aromatic nitrogens is 1. The average Bonchev–Trinajstić information content (AvgIpc) is 3.29. The van der Waals surface area contributed by atoms with Gasteiger partial charge in [0.05, 0.1) is 12.1 Å². The Labute approximate surface area is 176 Å². The van der Waals surface area contributed by atoms with E-state index in [1.807, 2.05) is 73.0 Å². The maximum absolute atomic E-state index is 13.2. The van der Waals surface area contributed by atoms with E-state index in [0.29, 0.717) is 25.2 Å². The lowest BCUT2D eigenvalue weighted by molar-refractivity contribution is -0.127. The van der Waals surface area contributed by atoms with Crippen LogP contribution in [0.25, 0.3) is 6.08 Å². The molecular formula is C24H29N3O3. The number of rotatable bonds is 6. The molecule has 6 nitrogen and oxygen atoms in total. The maximum Gasteiger partial charge on any atom is 0.258 e. The summed E-state index contributed by atoms with van der Waals surface area (Å²) in [5, 5.41) is 13.3. The quantitative estimate of drug-likeness (QED) is 0.770. The third-order valence-corrected chi connectivity index (χ3v) is 6.51. The van der Waals surface area contributed by atoms with Crippen LogP contribution < -0.4 is 10.9 Å². The summed E-state index contributed by atoms with van der Waals surface area (Å²) in [5.74, 6) is -0.236. The van der Waals surface area contributed by atoms with Gasteiger partial charge in [0.25, 0.3) is 5.56 Å². The monoisotopic (exact) mass is 407 g/mol. The molecule has 158 valence electrons. The molecule has 2 aliphatic rings.